The molecule has 0 aromatic heterocycles. The Balaban J connectivity index is 0.00000208. The first-order valence-electron chi connectivity index (χ1n) is 8.60. The number of hydrogen-bond acceptors (Lipinski definition) is 3. The molecule has 2 aliphatic rings. The molecule has 0 spiro atoms. The highest BCUT2D eigenvalue weighted by atomic mass is 35.5. The van der Waals surface area contributed by atoms with E-state index >= 15 is 0 Å². The zero-order valence-corrected chi connectivity index (χ0v) is 14.7. The van der Waals surface area contributed by atoms with Gasteiger partial charge in [0.25, 0.3) is 0 Å². The molecule has 0 unspecified atom stereocenters. The van der Waals surface area contributed by atoms with E-state index in [0.717, 1.165) is 38.4 Å². The van der Waals surface area contributed by atoms with Gasteiger partial charge in [0.05, 0.1) is 13.0 Å². The van der Waals surface area contributed by atoms with Crippen molar-refractivity contribution in [3.63, 3.8) is 0 Å². The minimum Gasteiger partial charge on any atom is -0.493 e. The van der Waals surface area contributed by atoms with Gasteiger partial charge in [-0.1, -0.05) is 0 Å². The zero-order valence-electron chi connectivity index (χ0n) is 13.9. The van der Waals surface area contributed by atoms with E-state index in [2.05, 4.69) is 5.32 Å². The Labute approximate surface area is 149 Å². The standard InChI is InChI=1S/C18H25FN2O2.ClH/c19-15-3-5-17(6-4-15)23-12-9-18(22)21-10-7-16(8-11-21)20-13-14-1-2-14;/h3-6,14,16,20H,1-2,7-13H2;1H. The topological polar surface area (TPSA) is 41.6 Å². The lowest BCUT2D eigenvalue weighted by atomic mass is 10.0. The first-order chi connectivity index (χ1) is 11.2. The molecule has 1 saturated carbocycles. The van der Waals surface area contributed by atoms with E-state index in [1.165, 1.54) is 25.0 Å². The van der Waals surface area contributed by atoms with Crippen molar-refractivity contribution in [2.24, 2.45) is 5.92 Å². The highest BCUT2D eigenvalue weighted by Crippen LogP contribution is 2.28. The summed E-state index contributed by atoms with van der Waals surface area (Å²) in [6.45, 7) is 3.14. The molecule has 4 nitrogen and oxygen atoms in total. The van der Waals surface area contributed by atoms with Crippen LogP contribution in [0.3, 0.4) is 0 Å². The van der Waals surface area contributed by atoms with Crippen LogP contribution in [0.25, 0.3) is 0 Å². The predicted octanol–water partition coefficient (Wildman–Crippen LogP) is 3.01. The largest absolute Gasteiger partial charge is 0.493 e. The van der Waals surface area contributed by atoms with E-state index in [9.17, 15) is 9.18 Å². The Kier molecular flexibility index (Phi) is 7.31. The zero-order chi connectivity index (χ0) is 16.1. The summed E-state index contributed by atoms with van der Waals surface area (Å²) in [5.74, 6) is 1.36. The Morgan fingerprint density at radius 1 is 1.17 bits per heavy atom. The molecule has 3 rings (SSSR count). The lowest BCUT2D eigenvalue weighted by molar-refractivity contribution is -0.132. The van der Waals surface area contributed by atoms with E-state index < -0.39 is 0 Å². The minimum atomic E-state index is -0.286. The van der Waals surface area contributed by atoms with E-state index in [-0.39, 0.29) is 24.1 Å². The fourth-order valence-corrected chi connectivity index (χ4v) is 2.93. The van der Waals surface area contributed by atoms with Gasteiger partial charge in [0.2, 0.25) is 5.91 Å². The Morgan fingerprint density at radius 3 is 2.46 bits per heavy atom. The molecule has 2 fully saturated rings. The smallest absolute Gasteiger partial charge is 0.225 e. The molecule has 1 amide bonds. The minimum absolute atomic E-state index is 0. The Morgan fingerprint density at radius 2 is 1.83 bits per heavy atom. The summed E-state index contributed by atoms with van der Waals surface area (Å²) in [6, 6.07) is 6.44. The van der Waals surface area contributed by atoms with Crippen LogP contribution in [-0.4, -0.2) is 43.1 Å². The third kappa shape index (κ3) is 5.95. The molecule has 1 heterocycles. The van der Waals surface area contributed by atoms with Crippen LogP contribution >= 0.6 is 12.4 Å². The molecule has 1 aliphatic carbocycles. The molecule has 134 valence electrons. The third-order valence-corrected chi connectivity index (χ3v) is 4.64. The normalized spacial score (nSPS) is 18.1. The summed E-state index contributed by atoms with van der Waals surface area (Å²) in [7, 11) is 0. The van der Waals surface area contributed by atoms with Crippen molar-refractivity contribution in [1.82, 2.24) is 10.2 Å². The van der Waals surface area contributed by atoms with Crippen LogP contribution in [0.4, 0.5) is 4.39 Å². The van der Waals surface area contributed by atoms with Crippen LogP contribution < -0.4 is 10.1 Å². The van der Waals surface area contributed by atoms with Gasteiger partial charge < -0.3 is 15.0 Å². The first-order valence-corrected chi connectivity index (χ1v) is 8.60. The number of carbonyl (C=O) groups excluding carboxylic acids is 1. The van der Waals surface area contributed by atoms with E-state index in [4.69, 9.17) is 4.74 Å². The van der Waals surface area contributed by atoms with Crippen molar-refractivity contribution in [2.75, 3.05) is 26.2 Å². The van der Waals surface area contributed by atoms with E-state index in [1.807, 2.05) is 4.90 Å². The maximum atomic E-state index is 12.8. The third-order valence-electron chi connectivity index (χ3n) is 4.64. The highest BCUT2D eigenvalue weighted by Gasteiger charge is 2.25. The summed E-state index contributed by atoms with van der Waals surface area (Å²) in [5.41, 5.74) is 0. The molecule has 1 aromatic carbocycles. The number of benzene rings is 1. The molecular weight excluding hydrogens is 331 g/mol. The number of carbonyl (C=O) groups is 1. The molecule has 0 atom stereocenters. The Hall–Kier alpha value is -1.33. The number of rotatable bonds is 7. The molecule has 0 bridgehead atoms. The molecular formula is C18H26ClFN2O2. The van der Waals surface area contributed by atoms with Crippen molar-refractivity contribution in [1.29, 1.82) is 0 Å². The molecule has 1 saturated heterocycles. The quantitative estimate of drug-likeness (QED) is 0.816. The van der Waals surface area contributed by atoms with Crippen molar-refractivity contribution in [3.8, 4) is 5.75 Å². The average molecular weight is 357 g/mol. The maximum Gasteiger partial charge on any atom is 0.225 e. The summed E-state index contributed by atoms with van der Waals surface area (Å²) < 4.78 is 18.3. The van der Waals surface area contributed by atoms with Gasteiger partial charge >= 0.3 is 0 Å². The number of halogens is 2. The van der Waals surface area contributed by atoms with Gasteiger partial charge in [0, 0.05) is 19.1 Å². The van der Waals surface area contributed by atoms with Gasteiger partial charge in [0.1, 0.15) is 11.6 Å². The van der Waals surface area contributed by atoms with Crippen LogP contribution in [-0.2, 0) is 4.79 Å². The highest BCUT2D eigenvalue weighted by molar-refractivity contribution is 5.85. The maximum absolute atomic E-state index is 12.8. The molecule has 24 heavy (non-hydrogen) atoms. The second-order valence-corrected chi connectivity index (χ2v) is 6.56. The number of hydrogen-bond donors (Lipinski definition) is 1. The lowest BCUT2D eigenvalue weighted by Crippen LogP contribution is -2.45. The summed E-state index contributed by atoms with van der Waals surface area (Å²) in [5, 5.41) is 3.62. The van der Waals surface area contributed by atoms with Crippen molar-refractivity contribution in [3.05, 3.63) is 30.1 Å². The van der Waals surface area contributed by atoms with E-state index in [0.29, 0.717) is 24.8 Å². The average Bonchev–Trinajstić information content (AvgIpc) is 3.39. The van der Waals surface area contributed by atoms with Crippen LogP contribution in [0.1, 0.15) is 32.1 Å². The molecule has 1 N–H and O–H groups in total. The van der Waals surface area contributed by atoms with Gasteiger partial charge in [-0.3, -0.25) is 4.79 Å². The second kappa shape index (κ2) is 9.23. The summed E-state index contributed by atoms with van der Waals surface area (Å²) >= 11 is 0. The van der Waals surface area contributed by atoms with Gasteiger partial charge in [-0.05, 0) is 62.4 Å². The summed E-state index contributed by atoms with van der Waals surface area (Å²) in [6.07, 6.45) is 5.20. The number of nitrogens with zero attached hydrogens (tertiary/aromatic N) is 1. The van der Waals surface area contributed by atoms with Gasteiger partial charge in [-0.15, -0.1) is 12.4 Å². The van der Waals surface area contributed by atoms with Gasteiger partial charge in [-0.25, -0.2) is 4.39 Å². The monoisotopic (exact) mass is 356 g/mol. The van der Waals surface area contributed by atoms with E-state index in [1.54, 1.807) is 12.1 Å². The number of ether oxygens (including phenoxy) is 1. The number of nitrogens with one attached hydrogen (secondary N) is 1. The van der Waals surface area contributed by atoms with Gasteiger partial charge in [0.15, 0.2) is 0 Å². The van der Waals surface area contributed by atoms with Crippen molar-refractivity contribution < 1.29 is 13.9 Å². The van der Waals surface area contributed by atoms with Crippen LogP contribution in [0, 0.1) is 11.7 Å². The second-order valence-electron chi connectivity index (χ2n) is 6.56. The Bertz CT molecular complexity index is 514. The fraction of sp³-hybridized carbons (Fsp3) is 0.611. The molecule has 1 aliphatic heterocycles. The molecule has 0 radical (unpaired) electrons. The molecule has 1 aromatic rings. The van der Waals surface area contributed by atoms with Crippen LogP contribution in [0.5, 0.6) is 5.75 Å². The number of amides is 1. The fourth-order valence-electron chi connectivity index (χ4n) is 2.93. The predicted molar refractivity (Wildman–Crippen MR) is 94.1 cm³/mol. The molecule has 6 heteroatoms. The summed E-state index contributed by atoms with van der Waals surface area (Å²) in [4.78, 5) is 14.1. The SMILES string of the molecule is Cl.O=C(CCOc1ccc(F)cc1)N1CCC(NCC2CC2)CC1. The van der Waals surface area contributed by atoms with Crippen LogP contribution in [0.15, 0.2) is 24.3 Å². The number of likely N-dealkylation sites (tertiary alicyclic amines) is 1. The van der Waals surface area contributed by atoms with Gasteiger partial charge in [-0.2, -0.15) is 0 Å². The lowest BCUT2D eigenvalue weighted by Gasteiger charge is -2.32. The van der Waals surface area contributed by atoms with Crippen molar-refractivity contribution >= 4 is 18.3 Å². The van der Waals surface area contributed by atoms with Crippen LogP contribution in [0.2, 0.25) is 0 Å². The first kappa shape index (κ1) is 19.0. The van der Waals surface area contributed by atoms with Crippen molar-refractivity contribution in [2.45, 2.75) is 38.1 Å². The number of piperidine rings is 1.